The van der Waals surface area contributed by atoms with Crippen LogP contribution in [0.5, 0.6) is 5.75 Å². The second-order valence-corrected chi connectivity index (χ2v) is 4.16. The molecule has 2 aromatic carbocycles. The van der Waals surface area contributed by atoms with Crippen molar-refractivity contribution in [3.05, 3.63) is 59.7 Å². The maximum Gasteiger partial charge on any atom is 0.163 e. The van der Waals surface area contributed by atoms with Crippen molar-refractivity contribution >= 4 is 5.69 Å². The Morgan fingerprint density at radius 2 is 1.80 bits per heavy atom. The topological polar surface area (TPSA) is 41.5 Å². The number of anilines is 1. The summed E-state index contributed by atoms with van der Waals surface area (Å²) < 4.78 is 31.7. The van der Waals surface area contributed by atoms with Gasteiger partial charge in [0.15, 0.2) is 11.6 Å². The molecule has 0 saturated carbocycles. The molecule has 0 aliphatic carbocycles. The van der Waals surface area contributed by atoms with E-state index in [0.29, 0.717) is 5.75 Å². The standard InChI is InChI=1S/C15H15F2NO2/c16-14-3-1-2-11(15(14)17)10-18-12-4-6-13(7-5-12)20-9-8-19/h1-7,18-19H,8-10H2. The third-order valence-electron chi connectivity index (χ3n) is 2.73. The second-order valence-electron chi connectivity index (χ2n) is 4.16. The van der Waals surface area contributed by atoms with Gasteiger partial charge in [-0.25, -0.2) is 8.78 Å². The van der Waals surface area contributed by atoms with Crippen molar-refractivity contribution in [3.63, 3.8) is 0 Å². The van der Waals surface area contributed by atoms with Crippen molar-refractivity contribution in [1.29, 1.82) is 0 Å². The monoisotopic (exact) mass is 279 g/mol. The van der Waals surface area contributed by atoms with Crippen LogP contribution in [0.25, 0.3) is 0 Å². The molecule has 0 aliphatic heterocycles. The first-order chi connectivity index (χ1) is 9.70. The van der Waals surface area contributed by atoms with Gasteiger partial charge in [0.2, 0.25) is 0 Å². The van der Waals surface area contributed by atoms with Crippen LogP contribution in [0, 0.1) is 11.6 Å². The Bertz CT molecular complexity index is 558. The average molecular weight is 279 g/mol. The molecule has 0 unspecified atom stereocenters. The summed E-state index contributed by atoms with van der Waals surface area (Å²) >= 11 is 0. The van der Waals surface area contributed by atoms with Crippen LogP contribution in [-0.2, 0) is 6.54 Å². The molecule has 0 atom stereocenters. The molecular formula is C15H15F2NO2. The highest BCUT2D eigenvalue weighted by Crippen LogP contribution is 2.17. The lowest BCUT2D eigenvalue weighted by Gasteiger charge is -2.09. The zero-order chi connectivity index (χ0) is 14.4. The zero-order valence-corrected chi connectivity index (χ0v) is 10.8. The van der Waals surface area contributed by atoms with E-state index in [0.717, 1.165) is 11.8 Å². The van der Waals surface area contributed by atoms with Crippen LogP contribution >= 0.6 is 0 Å². The van der Waals surface area contributed by atoms with E-state index in [1.807, 2.05) is 0 Å². The number of nitrogens with one attached hydrogen (secondary N) is 1. The van der Waals surface area contributed by atoms with Gasteiger partial charge in [0.05, 0.1) is 6.61 Å². The maximum atomic E-state index is 13.4. The summed E-state index contributed by atoms with van der Waals surface area (Å²) in [4.78, 5) is 0. The van der Waals surface area contributed by atoms with Gasteiger partial charge < -0.3 is 15.2 Å². The first-order valence-electron chi connectivity index (χ1n) is 6.21. The fraction of sp³-hybridized carbons (Fsp3) is 0.200. The molecule has 2 aromatic rings. The third-order valence-corrected chi connectivity index (χ3v) is 2.73. The number of benzene rings is 2. The predicted octanol–water partition coefficient (Wildman–Crippen LogP) is 2.95. The van der Waals surface area contributed by atoms with E-state index in [4.69, 9.17) is 9.84 Å². The molecule has 0 fully saturated rings. The van der Waals surface area contributed by atoms with Crippen LogP contribution in [0.1, 0.15) is 5.56 Å². The minimum Gasteiger partial charge on any atom is -0.491 e. The van der Waals surface area contributed by atoms with Crippen molar-refractivity contribution in [3.8, 4) is 5.75 Å². The summed E-state index contributed by atoms with van der Waals surface area (Å²) in [7, 11) is 0. The lowest BCUT2D eigenvalue weighted by molar-refractivity contribution is 0.201. The van der Waals surface area contributed by atoms with Crippen molar-refractivity contribution in [2.75, 3.05) is 18.5 Å². The highest BCUT2D eigenvalue weighted by molar-refractivity contribution is 5.46. The Labute approximate surface area is 115 Å². The molecule has 0 aliphatic rings. The van der Waals surface area contributed by atoms with Crippen molar-refractivity contribution < 1.29 is 18.6 Å². The molecule has 2 rings (SSSR count). The summed E-state index contributed by atoms with van der Waals surface area (Å²) in [6, 6.07) is 11.1. The molecule has 0 bridgehead atoms. The maximum absolute atomic E-state index is 13.4. The van der Waals surface area contributed by atoms with Gasteiger partial charge in [-0.3, -0.25) is 0 Å². The summed E-state index contributed by atoms with van der Waals surface area (Å²) in [5.74, 6) is -1.04. The smallest absolute Gasteiger partial charge is 0.163 e. The highest BCUT2D eigenvalue weighted by Gasteiger charge is 2.06. The third kappa shape index (κ3) is 3.68. The van der Waals surface area contributed by atoms with Gasteiger partial charge in [-0.1, -0.05) is 12.1 Å². The molecular weight excluding hydrogens is 264 g/mol. The van der Waals surface area contributed by atoms with Crippen molar-refractivity contribution in [1.82, 2.24) is 0 Å². The van der Waals surface area contributed by atoms with Crippen LogP contribution in [-0.4, -0.2) is 18.3 Å². The average Bonchev–Trinajstić information content (AvgIpc) is 2.48. The Morgan fingerprint density at radius 1 is 1.05 bits per heavy atom. The number of hydrogen-bond acceptors (Lipinski definition) is 3. The molecule has 5 heteroatoms. The van der Waals surface area contributed by atoms with E-state index in [2.05, 4.69) is 5.32 Å². The Kier molecular flexibility index (Phi) is 4.90. The molecule has 0 aromatic heterocycles. The second kappa shape index (κ2) is 6.86. The molecule has 106 valence electrons. The van der Waals surface area contributed by atoms with E-state index in [9.17, 15) is 8.78 Å². The Hall–Kier alpha value is -2.14. The molecule has 3 nitrogen and oxygen atoms in total. The fourth-order valence-electron chi connectivity index (χ4n) is 1.71. The molecule has 0 spiro atoms. The number of hydrogen-bond donors (Lipinski definition) is 2. The van der Waals surface area contributed by atoms with Gasteiger partial charge in [0, 0.05) is 17.8 Å². The first kappa shape index (κ1) is 14.3. The summed E-state index contributed by atoms with van der Waals surface area (Å²) in [6.45, 7) is 0.389. The van der Waals surface area contributed by atoms with E-state index in [1.165, 1.54) is 12.1 Å². The molecule has 0 amide bonds. The fourth-order valence-corrected chi connectivity index (χ4v) is 1.71. The predicted molar refractivity (Wildman–Crippen MR) is 72.7 cm³/mol. The molecule has 0 radical (unpaired) electrons. The van der Waals surface area contributed by atoms with Gasteiger partial charge in [-0.05, 0) is 30.3 Å². The highest BCUT2D eigenvalue weighted by atomic mass is 19.2. The van der Waals surface area contributed by atoms with E-state index < -0.39 is 11.6 Å². The van der Waals surface area contributed by atoms with Crippen LogP contribution in [0.15, 0.2) is 42.5 Å². The van der Waals surface area contributed by atoms with Crippen molar-refractivity contribution in [2.45, 2.75) is 6.54 Å². The van der Waals surface area contributed by atoms with E-state index in [1.54, 1.807) is 24.3 Å². The first-order valence-corrected chi connectivity index (χ1v) is 6.21. The molecule has 20 heavy (non-hydrogen) atoms. The van der Waals surface area contributed by atoms with Gasteiger partial charge in [0.25, 0.3) is 0 Å². The SMILES string of the molecule is OCCOc1ccc(NCc2cccc(F)c2F)cc1. The van der Waals surface area contributed by atoms with Crippen LogP contribution < -0.4 is 10.1 Å². The van der Waals surface area contributed by atoms with Crippen LogP contribution in [0.2, 0.25) is 0 Å². The van der Waals surface area contributed by atoms with Gasteiger partial charge >= 0.3 is 0 Å². The quantitative estimate of drug-likeness (QED) is 0.854. The largest absolute Gasteiger partial charge is 0.491 e. The molecule has 0 saturated heterocycles. The summed E-state index contributed by atoms with van der Waals surface area (Å²) in [6.07, 6.45) is 0. The molecule has 0 heterocycles. The van der Waals surface area contributed by atoms with E-state index in [-0.39, 0.29) is 25.3 Å². The number of ether oxygens (including phenoxy) is 1. The lowest BCUT2D eigenvalue weighted by atomic mass is 10.2. The Morgan fingerprint density at radius 3 is 2.50 bits per heavy atom. The van der Waals surface area contributed by atoms with Gasteiger partial charge in [-0.15, -0.1) is 0 Å². The van der Waals surface area contributed by atoms with Crippen molar-refractivity contribution in [2.24, 2.45) is 0 Å². The summed E-state index contributed by atoms with van der Waals surface area (Å²) in [5, 5.41) is 11.6. The lowest BCUT2D eigenvalue weighted by Crippen LogP contribution is -2.04. The minimum atomic E-state index is -0.850. The number of aliphatic hydroxyl groups excluding tert-OH is 1. The minimum absolute atomic E-state index is 0.0428. The Balaban J connectivity index is 1.95. The number of rotatable bonds is 6. The molecule has 2 N–H and O–H groups in total. The van der Waals surface area contributed by atoms with Crippen LogP contribution in [0.3, 0.4) is 0 Å². The van der Waals surface area contributed by atoms with Gasteiger partial charge in [-0.2, -0.15) is 0 Å². The number of aliphatic hydroxyl groups is 1. The summed E-state index contributed by atoms with van der Waals surface area (Å²) in [5.41, 5.74) is 1.04. The van der Waals surface area contributed by atoms with Gasteiger partial charge in [0.1, 0.15) is 12.4 Å². The van der Waals surface area contributed by atoms with E-state index >= 15 is 0 Å². The normalized spacial score (nSPS) is 10.3. The number of halogens is 2. The van der Waals surface area contributed by atoms with Crippen LogP contribution in [0.4, 0.5) is 14.5 Å². The zero-order valence-electron chi connectivity index (χ0n) is 10.8.